The van der Waals surface area contributed by atoms with Crippen LogP contribution in [0.3, 0.4) is 0 Å². The van der Waals surface area contributed by atoms with Crippen molar-refractivity contribution in [1.29, 1.82) is 0 Å². The third-order valence-corrected chi connectivity index (χ3v) is 7.62. The molecule has 1 amide bonds. The van der Waals surface area contributed by atoms with Gasteiger partial charge in [0.1, 0.15) is 5.03 Å². The van der Waals surface area contributed by atoms with Gasteiger partial charge in [-0.2, -0.15) is 4.98 Å². The van der Waals surface area contributed by atoms with E-state index in [1.807, 2.05) is 16.7 Å². The molecule has 1 N–H and O–H groups in total. The molecule has 0 saturated heterocycles. The Kier molecular flexibility index (Phi) is 10.7. The number of carbonyl (C=O) groups excluding carboxylic acids is 1. The highest BCUT2D eigenvalue weighted by atomic mass is 32.2. The molecule has 0 saturated carbocycles. The fourth-order valence-electron chi connectivity index (χ4n) is 4.56. The lowest BCUT2D eigenvalue weighted by Gasteiger charge is -2.23. The summed E-state index contributed by atoms with van der Waals surface area (Å²) in [4.78, 5) is 32.3. The van der Waals surface area contributed by atoms with E-state index in [1.165, 1.54) is 35.7 Å². The predicted molar refractivity (Wildman–Crippen MR) is 142 cm³/mol. The Bertz CT molecular complexity index is 983. The molecule has 0 fully saturated rings. The zero-order valence-corrected chi connectivity index (χ0v) is 21.9. The number of thioether (sulfide) groups is 1. The number of anilines is 1. The van der Waals surface area contributed by atoms with Gasteiger partial charge in [0, 0.05) is 23.5 Å². The Morgan fingerprint density at radius 1 is 1.09 bits per heavy atom. The van der Waals surface area contributed by atoms with Gasteiger partial charge in [0.15, 0.2) is 0 Å². The number of benzene rings is 1. The molecule has 1 heterocycles. The van der Waals surface area contributed by atoms with Crippen LogP contribution in [0.15, 0.2) is 34.1 Å². The summed E-state index contributed by atoms with van der Waals surface area (Å²) < 4.78 is 1.89. The van der Waals surface area contributed by atoms with Crippen molar-refractivity contribution in [1.82, 2.24) is 14.5 Å². The molecule has 3 rings (SSSR count). The Morgan fingerprint density at radius 2 is 1.82 bits per heavy atom. The molecule has 0 unspecified atom stereocenters. The molecule has 2 aromatic rings. The second-order valence-corrected chi connectivity index (χ2v) is 9.97. The molecule has 0 aliphatic heterocycles. The van der Waals surface area contributed by atoms with Gasteiger partial charge < -0.3 is 10.2 Å². The molecule has 6 nitrogen and oxygen atoms in total. The number of aromatic nitrogens is 2. The van der Waals surface area contributed by atoms with Crippen LogP contribution in [0.1, 0.15) is 69.7 Å². The first kappa shape index (κ1) is 26.5. The minimum Gasteiger partial charge on any atom is -0.325 e. The summed E-state index contributed by atoms with van der Waals surface area (Å²) in [6.07, 6.45) is 8.43. The van der Waals surface area contributed by atoms with Gasteiger partial charge in [0.2, 0.25) is 5.91 Å². The van der Waals surface area contributed by atoms with Crippen molar-refractivity contribution in [3.63, 3.8) is 0 Å². The lowest BCUT2D eigenvalue weighted by Crippen LogP contribution is -2.32. The first-order valence-electron chi connectivity index (χ1n) is 12.9. The van der Waals surface area contributed by atoms with Gasteiger partial charge in [-0.3, -0.25) is 9.36 Å². The summed E-state index contributed by atoms with van der Waals surface area (Å²) in [5, 5.41) is 3.72. The molecule has 1 aliphatic rings. The zero-order chi connectivity index (χ0) is 24.3. The summed E-state index contributed by atoms with van der Waals surface area (Å²) in [7, 11) is 0. The molecule has 0 radical (unpaired) electrons. The predicted octanol–water partition coefficient (Wildman–Crippen LogP) is 4.93. The molecule has 0 spiro atoms. The highest BCUT2D eigenvalue weighted by molar-refractivity contribution is 8.00. The van der Waals surface area contributed by atoms with E-state index in [0.717, 1.165) is 74.6 Å². The van der Waals surface area contributed by atoms with Crippen LogP contribution in [-0.4, -0.2) is 45.7 Å². The van der Waals surface area contributed by atoms with Crippen molar-refractivity contribution >= 4 is 23.4 Å². The molecular weight excluding hydrogens is 444 g/mol. The van der Waals surface area contributed by atoms with Gasteiger partial charge >= 0.3 is 5.69 Å². The molecule has 1 aromatic carbocycles. The second-order valence-electron chi connectivity index (χ2n) is 9.00. The number of unbranched alkanes of at least 4 members (excludes halogenated alkanes) is 1. The molecule has 7 heteroatoms. The Hall–Kier alpha value is -2.12. The standard InChI is InChI=1S/C27H40N4O2S/c1-4-7-11-21-14-16-22(17-15-21)28-25(32)20-34-26-23-12-8-9-13-24(23)31(27(33)29-26)19-10-18-30(5-2)6-3/h14-17H,4-13,18-20H2,1-3H3,(H,28,32). The summed E-state index contributed by atoms with van der Waals surface area (Å²) in [5.74, 6) is 0.184. The topological polar surface area (TPSA) is 67.2 Å². The largest absolute Gasteiger partial charge is 0.348 e. The lowest BCUT2D eigenvalue weighted by molar-refractivity contribution is -0.113. The van der Waals surface area contributed by atoms with Crippen molar-refractivity contribution in [2.45, 2.75) is 83.7 Å². The summed E-state index contributed by atoms with van der Waals surface area (Å²) in [6, 6.07) is 8.09. The molecule has 0 bridgehead atoms. The summed E-state index contributed by atoms with van der Waals surface area (Å²) >= 11 is 1.39. The van der Waals surface area contributed by atoms with Crippen molar-refractivity contribution in [2.75, 3.05) is 30.7 Å². The maximum absolute atomic E-state index is 12.9. The Balaban J connectivity index is 1.62. The van der Waals surface area contributed by atoms with Gasteiger partial charge in [-0.1, -0.05) is 51.1 Å². The number of nitrogens with one attached hydrogen (secondary N) is 1. The maximum Gasteiger partial charge on any atom is 0.348 e. The van der Waals surface area contributed by atoms with Crippen LogP contribution < -0.4 is 11.0 Å². The lowest BCUT2D eigenvalue weighted by atomic mass is 9.97. The summed E-state index contributed by atoms with van der Waals surface area (Å²) in [5.41, 5.74) is 4.24. The van der Waals surface area contributed by atoms with Crippen LogP contribution in [0.2, 0.25) is 0 Å². The molecule has 34 heavy (non-hydrogen) atoms. The van der Waals surface area contributed by atoms with Crippen LogP contribution in [0.25, 0.3) is 0 Å². The van der Waals surface area contributed by atoms with E-state index < -0.39 is 0 Å². The van der Waals surface area contributed by atoms with E-state index in [1.54, 1.807) is 0 Å². The van der Waals surface area contributed by atoms with Crippen LogP contribution in [0.4, 0.5) is 5.69 Å². The van der Waals surface area contributed by atoms with Gasteiger partial charge in [0.05, 0.1) is 5.75 Å². The molecule has 186 valence electrons. The van der Waals surface area contributed by atoms with E-state index >= 15 is 0 Å². The number of hydrogen-bond acceptors (Lipinski definition) is 5. The average Bonchev–Trinajstić information content (AvgIpc) is 2.86. The van der Waals surface area contributed by atoms with Gasteiger partial charge in [0.25, 0.3) is 0 Å². The van der Waals surface area contributed by atoms with Crippen LogP contribution >= 0.6 is 11.8 Å². The van der Waals surface area contributed by atoms with Gasteiger partial charge in [-0.15, -0.1) is 0 Å². The Labute approximate surface area is 208 Å². The van der Waals surface area contributed by atoms with E-state index in [0.29, 0.717) is 6.54 Å². The average molecular weight is 485 g/mol. The third-order valence-electron chi connectivity index (χ3n) is 6.60. The highest BCUT2D eigenvalue weighted by Crippen LogP contribution is 2.28. The monoisotopic (exact) mass is 484 g/mol. The van der Waals surface area contributed by atoms with Gasteiger partial charge in [-0.05, 0) is 82.3 Å². The van der Waals surface area contributed by atoms with Crippen LogP contribution in [0, 0.1) is 0 Å². The smallest absolute Gasteiger partial charge is 0.325 e. The van der Waals surface area contributed by atoms with Crippen molar-refractivity contribution in [3.05, 3.63) is 51.6 Å². The fraction of sp³-hybridized carbons (Fsp3) is 0.593. The maximum atomic E-state index is 12.9. The number of rotatable bonds is 13. The highest BCUT2D eigenvalue weighted by Gasteiger charge is 2.21. The van der Waals surface area contributed by atoms with E-state index in [9.17, 15) is 9.59 Å². The second kappa shape index (κ2) is 13.7. The van der Waals surface area contributed by atoms with E-state index in [-0.39, 0.29) is 17.3 Å². The van der Waals surface area contributed by atoms with Crippen molar-refractivity contribution in [3.8, 4) is 0 Å². The quantitative estimate of drug-likeness (QED) is 0.323. The molecular formula is C27H40N4O2S. The third kappa shape index (κ3) is 7.44. The number of amides is 1. The summed E-state index contributed by atoms with van der Waals surface area (Å²) in [6.45, 7) is 10.3. The minimum atomic E-state index is -0.175. The van der Waals surface area contributed by atoms with Crippen LogP contribution in [0.5, 0.6) is 0 Å². The normalized spacial score (nSPS) is 13.2. The number of aryl methyl sites for hydroxylation is 1. The SMILES string of the molecule is CCCCc1ccc(NC(=O)CSc2nc(=O)n(CCCN(CC)CC)c3c2CCCC3)cc1. The van der Waals surface area contributed by atoms with E-state index in [2.05, 4.69) is 48.1 Å². The molecule has 1 aromatic heterocycles. The molecule has 0 atom stereocenters. The number of carbonyl (C=O) groups is 1. The fourth-order valence-corrected chi connectivity index (χ4v) is 5.43. The van der Waals surface area contributed by atoms with Crippen LogP contribution in [-0.2, 0) is 30.6 Å². The Morgan fingerprint density at radius 3 is 2.53 bits per heavy atom. The first-order valence-corrected chi connectivity index (χ1v) is 13.9. The first-order chi connectivity index (χ1) is 16.5. The number of fused-ring (bicyclic) bond motifs is 1. The van der Waals surface area contributed by atoms with Crippen molar-refractivity contribution in [2.24, 2.45) is 0 Å². The number of nitrogens with zero attached hydrogens (tertiary/aromatic N) is 3. The minimum absolute atomic E-state index is 0.0685. The van der Waals surface area contributed by atoms with Crippen molar-refractivity contribution < 1.29 is 4.79 Å². The zero-order valence-electron chi connectivity index (χ0n) is 21.1. The van der Waals surface area contributed by atoms with E-state index in [4.69, 9.17) is 0 Å². The van der Waals surface area contributed by atoms with Gasteiger partial charge in [-0.25, -0.2) is 4.79 Å². The molecule has 1 aliphatic carbocycles. The number of hydrogen-bond donors (Lipinski definition) is 1.